The number of nitrogens with zero attached hydrogens (tertiary/aromatic N) is 2. The topological polar surface area (TPSA) is 29.9 Å². The number of rotatable bonds is 6. The minimum Gasteiger partial charge on any atom is -0.309 e. The van der Waals surface area contributed by atoms with Crippen molar-refractivity contribution >= 4 is 0 Å². The predicted octanol–water partition coefficient (Wildman–Crippen LogP) is 2.91. The van der Waals surface area contributed by atoms with E-state index in [4.69, 9.17) is 0 Å². The monoisotopic (exact) mass is 257 g/mol. The zero-order valence-corrected chi connectivity index (χ0v) is 12.1. The van der Waals surface area contributed by atoms with Gasteiger partial charge in [0.15, 0.2) is 0 Å². The molecule has 0 aliphatic heterocycles. The largest absolute Gasteiger partial charge is 0.309 e. The Bertz CT molecular complexity index is 497. The summed E-state index contributed by atoms with van der Waals surface area (Å²) in [5, 5.41) is 7.60. The molecule has 0 atom stereocenters. The molecule has 0 radical (unpaired) electrons. The first kappa shape index (κ1) is 13.8. The van der Waals surface area contributed by atoms with Gasteiger partial charge in [0.1, 0.15) is 0 Å². The Morgan fingerprint density at radius 2 is 1.68 bits per heavy atom. The normalized spacial score (nSPS) is 11.2. The van der Waals surface area contributed by atoms with E-state index in [2.05, 4.69) is 48.5 Å². The fraction of sp³-hybridized carbons (Fsp3) is 0.438. The first-order valence-electron chi connectivity index (χ1n) is 6.89. The molecule has 0 bridgehead atoms. The lowest BCUT2D eigenvalue weighted by Crippen LogP contribution is -2.12. The molecule has 3 heteroatoms. The lowest BCUT2D eigenvalue weighted by Gasteiger charge is -2.07. The molecule has 0 saturated carbocycles. The van der Waals surface area contributed by atoms with Crippen molar-refractivity contribution in [3.8, 4) is 0 Å². The van der Waals surface area contributed by atoms with Crippen LogP contribution in [0.5, 0.6) is 0 Å². The van der Waals surface area contributed by atoms with Crippen LogP contribution in [-0.2, 0) is 26.6 Å². The van der Waals surface area contributed by atoms with Gasteiger partial charge in [0.05, 0.1) is 6.20 Å². The standard InChI is InChI=1S/C16H23N3/c1-13(2)8-14-4-6-15(7-5-14)9-17-10-16-11-18-19(3)12-16/h4-7,11-13,17H,8-10H2,1-3H3. The number of hydrogen-bond acceptors (Lipinski definition) is 2. The summed E-state index contributed by atoms with van der Waals surface area (Å²) in [5.74, 6) is 0.717. The molecular formula is C16H23N3. The lowest BCUT2D eigenvalue weighted by molar-refractivity contribution is 0.646. The molecule has 19 heavy (non-hydrogen) atoms. The SMILES string of the molecule is CC(C)Cc1ccc(CNCc2cnn(C)c2)cc1. The summed E-state index contributed by atoms with van der Waals surface area (Å²) >= 11 is 0. The maximum Gasteiger partial charge on any atom is 0.0534 e. The fourth-order valence-electron chi connectivity index (χ4n) is 2.18. The Morgan fingerprint density at radius 3 is 2.26 bits per heavy atom. The molecule has 0 amide bonds. The van der Waals surface area contributed by atoms with Crippen molar-refractivity contribution in [2.45, 2.75) is 33.4 Å². The first-order valence-corrected chi connectivity index (χ1v) is 6.89. The molecule has 0 saturated heterocycles. The second kappa shape index (κ2) is 6.53. The van der Waals surface area contributed by atoms with Crippen LogP contribution in [0.15, 0.2) is 36.7 Å². The number of benzene rings is 1. The van der Waals surface area contributed by atoms with Crippen molar-refractivity contribution in [1.82, 2.24) is 15.1 Å². The number of aryl methyl sites for hydroxylation is 1. The van der Waals surface area contributed by atoms with E-state index >= 15 is 0 Å². The van der Waals surface area contributed by atoms with Gasteiger partial charge in [0.25, 0.3) is 0 Å². The van der Waals surface area contributed by atoms with Gasteiger partial charge in [-0.3, -0.25) is 4.68 Å². The number of nitrogens with one attached hydrogen (secondary N) is 1. The van der Waals surface area contributed by atoms with Crippen molar-refractivity contribution < 1.29 is 0 Å². The van der Waals surface area contributed by atoms with Crippen molar-refractivity contribution in [2.75, 3.05) is 0 Å². The number of hydrogen-bond donors (Lipinski definition) is 1. The molecule has 0 aliphatic rings. The molecular weight excluding hydrogens is 234 g/mol. The quantitative estimate of drug-likeness (QED) is 0.862. The molecule has 1 aromatic heterocycles. The zero-order chi connectivity index (χ0) is 13.7. The molecule has 1 heterocycles. The predicted molar refractivity (Wildman–Crippen MR) is 78.7 cm³/mol. The van der Waals surface area contributed by atoms with Crippen LogP contribution in [0.3, 0.4) is 0 Å². The number of aromatic nitrogens is 2. The summed E-state index contributed by atoms with van der Waals surface area (Å²) < 4.78 is 1.83. The molecule has 0 fully saturated rings. The van der Waals surface area contributed by atoms with E-state index in [0.717, 1.165) is 25.4 Å². The average Bonchev–Trinajstić information content (AvgIpc) is 2.77. The van der Waals surface area contributed by atoms with Gasteiger partial charge in [0, 0.05) is 31.9 Å². The molecule has 0 unspecified atom stereocenters. The minimum absolute atomic E-state index is 0.717. The highest BCUT2D eigenvalue weighted by Crippen LogP contribution is 2.09. The molecule has 2 aromatic rings. The van der Waals surface area contributed by atoms with Crippen LogP contribution in [0, 0.1) is 5.92 Å². The highest BCUT2D eigenvalue weighted by Gasteiger charge is 1.99. The maximum atomic E-state index is 4.16. The summed E-state index contributed by atoms with van der Waals surface area (Å²) in [6.45, 7) is 6.27. The van der Waals surface area contributed by atoms with E-state index in [-0.39, 0.29) is 0 Å². The van der Waals surface area contributed by atoms with Crippen molar-refractivity contribution in [3.05, 3.63) is 53.3 Å². The van der Waals surface area contributed by atoms with Gasteiger partial charge in [-0.15, -0.1) is 0 Å². The van der Waals surface area contributed by atoms with E-state index in [1.54, 1.807) is 0 Å². The van der Waals surface area contributed by atoms with Gasteiger partial charge in [0.2, 0.25) is 0 Å². The summed E-state index contributed by atoms with van der Waals surface area (Å²) in [5.41, 5.74) is 3.97. The summed E-state index contributed by atoms with van der Waals surface area (Å²) in [4.78, 5) is 0. The van der Waals surface area contributed by atoms with Crippen molar-refractivity contribution in [2.24, 2.45) is 13.0 Å². The Balaban J connectivity index is 1.79. The molecule has 1 N–H and O–H groups in total. The Morgan fingerprint density at radius 1 is 1.05 bits per heavy atom. The Labute approximate surface area is 115 Å². The van der Waals surface area contributed by atoms with Crippen LogP contribution >= 0.6 is 0 Å². The lowest BCUT2D eigenvalue weighted by atomic mass is 10.0. The minimum atomic E-state index is 0.717. The Kier molecular flexibility index (Phi) is 4.74. The van der Waals surface area contributed by atoms with E-state index < -0.39 is 0 Å². The fourth-order valence-corrected chi connectivity index (χ4v) is 2.18. The van der Waals surface area contributed by atoms with Gasteiger partial charge < -0.3 is 5.32 Å². The molecule has 1 aromatic carbocycles. The third-order valence-corrected chi connectivity index (χ3v) is 3.08. The van der Waals surface area contributed by atoms with Gasteiger partial charge >= 0.3 is 0 Å². The van der Waals surface area contributed by atoms with E-state index in [1.807, 2.05) is 24.1 Å². The van der Waals surface area contributed by atoms with E-state index in [1.165, 1.54) is 16.7 Å². The van der Waals surface area contributed by atoms with Crippen LogP contribution < -0.4 is 5.32 Å². The molecule has 3 nitrogen and oxygen atoms in total. The highest BCUT2D eigenvalue weighted by molar-refractivity contribution is 5.22. The third-order valence-electron chi connectivity index (χ3n) is 3.08. The van der Waals surface area contributed by atoms with E-state index in [9.17, 15) is 0 Å². The molecule has 0 spiro atoms. The maximum absolute atomic E-state index is 4.16. The average molecular weight is 257 g/mol. The third kappa shape index (κ3) is 4.52. The smallest absolute Gasteiger partial charge is 0.0534 e. The van der Waals surface area contributed by atoms with Crippen LogP contribution in [0.4, 0.5) is 0 Å². The van der Waals surface area contributed by atoms with Crippen LogP contribution in [-0.4, -0.2) is 9.78 Å². The summed E-state index contributed by atoms with van der Waals surface area (Å²) in [6, 6.07) is 8.91. The van der Waals surface area contributed by atoms with Gasteiger partial charge in [-0.1, -0.05) is 38.1 Å². The van der Waals surface area contributed by atoms with E-state index in [0.29, 0.717) is 0 Å². The highest BCUT2D eigenvalue weighted by atomic mass is 15.2. The van der Waals surface area contributed by atoms with Crippen molar-refractivity contribution in [1.29, 1.82) is 0 Å². The second-order valence-corrected chi connectivity index (χ2v) is 5.54. The summed E-state index contributed by atoms with van der Waals surface area (Å²) in [7, 11) is 1.94. The van der Waals surface area contributed by atoms with Crippen LogP contribution in [0.1, 0.15) is 30.5 Å². The van der Waals surface area contributed by atoms with Gasteiger partial charge in [-0.2, -0.15) is 5.10 Å². The van der Waals surface area contributed by atoms with Gasteiger partial charge in [-0.05, 0) is 23.5 Å². The summed E-state index contributed by atoms with van der Waals surface area (Å²) in [6.07, 6.45) is 5.10. The molecule has 2 rings (SSSR count). The van der Waals surface area contributed by atoms with Crippen molar-refractivity contribution in [3.63, 3.8) is 0 Å². The first-order chi connectivity index (χ1) is 9.13. The molecule has 102 valence electrons. The van der Waals surface area contributed by atoms with Gasteiger partial charge in [-0.25, -0.2) is 0 Å². The second-order valence-electron chi connectivity index (χ2n) is 5.54. The van der Waals surface area contributed by atoms with Crippen LogP contribution in [0.25, 0.3) is 0 Å². The molecule has 0 aliphatic carbocycles. The zero-order valence-electron chi connectivity index (χ0n) is 12.1. The van der Waals surface area contributed by atoms with Crippen LogP contribution in [0.2, 0.25) is 0 Å². The Hall–Kier alpha value is -1.61.